The molecule has 1 aliphatic heterocycles. The molecule has 0 spiro atoms. The average molecular weight is 450 g/mol. The molecule has 1 fully saturated rings. The SMILES string of the molecule is O=C1NN(c2ccccc2)C(=O)/C1=C\c1ccc(OCc2ccc(Cl)cc2)c([N+](=O)[O-])c1. The molecule has 0 atom stereocenters. The van der Waals surface area contributed by atoms with E-state index >= 15 is 0 Å². The van der Waals surface area contributed by atoms with Crippen LogP contribution in [0.15, 0.2) is 78.4 Å². The third kappa shape index (κ3) is 4.45. The van der Waals surface area contributed by atoms with Gasteiger partial charge in [0, 0.05) is 11.1 Å². The van der Waals surface area contributed by atoms with Crippen molar-refractivity contribution in [1.82, 2.24) is 5.43 Å². The Bertz CT molecular complexity index is 1230. The second-order valence-electron chi connectivity index (χ2n) is 6.87. The van der Waals surface area contributed by atoms with Crippen molar-refractivity contribution in [3.05, 3.63) is 105 Å². The van der Waals surface area contributed by atoms with Gasteiger partial charge in [0.1, 0.15) is 12.2 Å². The minimum absolute atomic E-state index is 0.0696. The van der Waals surface area contributed by atoms with Gasteiger partial charge in [-0.3, -0.25) is 25.1 Å². The molecule has 0 radical (unpaired) electrons. The third-order valence-corrected chi connectivity index (χ3v) is 4.96. The van der Waals surface area contributed by atoms with E-state index in [1.54, 1.807) is 60.7 Å². The Balaban J connectivity index is 1.57. The summed E-state index contributed by atoms with van der Waals surface area (Å²) in [6.07, 6.45) is 1.32. The van der Waals surface area contributed by atoms with Gasteiger partial charge in [0.25, 0.3) is 11.8 Å². The monoisotopic (exact) mass is 449 g/mol. The highest BCUT2D eigenvalue weighted by molar-refractivity contribution is 6.31. The number of carbonyl (C=O) groups is 2. The van der Waals surface area contributed by atoms with Crippen molar-refractivity contribution in [2.24, 2.45) is 0 Å². The predicted molar refractivity (Wildman–Crippen MR) is 119 cm³/mol. The lowest BCUT2D eigenvalue weighted by Gasteiger charge is -2.13. The first kappa shape index (κ1) is 21.1. The van der Waals surface area contributed by atoms with E-state index in [9.17, 15) is 19.7 Å². The number of carbonyl (C=O) groups excluding carboxylic acids is 2. The zero-order valence-electron chi connectivity index (χ0n) is 16.5. The number of hydrogen-bond donors (Lipinski definition) is 1. The van der Waals surface area contributed by atoms with Gasteiger partial charge in [-0.05, 0) is 47.5 Å². The molecule has 0 unspecified atom stereocenters. The summed E-state index contributed by atoms with van der Waals surface area (Å²) in [5, 5.41) is 13.3. The number of hydrogen-bond acceptors (Lipinski definition) is 5. The number of nitrogens with one attached hydrogen (secondary N) is 1. The number of ether oxygens (including phenoxy) is 1. The molecule has 0 aliphatic carbocycles. The summed E-state index contributed by atoms with van der Waals surface area (Å²) in [6.45, 7) is 0.116. The molecule has 160 valence electrons. The molecule has 0 saturated carbocycles. The van der Waals surface area contributed by atoms with Crippen LogP contribution in [-0.2, 0) is 16.2 Å². The van der Waals surface area contributed by atoms with E-state index in [1.807, 2.05) is 0 Å². The van der Waals surface area contributed by atoms with E-state index in [2.05, 4.69) is 5.43 Å². The molecule has 1 saturated heterocycles. The Morgan fingerprint density at radius 3 is 2.44 bits per heavy atom. The third-order valence-electron chi connectivity index (χ3n) is 4.70. The van der Waals surface area contributed by atoms with Crippen LogP contribution in [0.25, 0.3) is 6.08 Å². The molecule has 2 amide bonds. The number of anilines is 1. The van der Waals surface area contributed by atoms with Crippen LogP contribution in [0.1, 0.15) is 11.1 Å². The molecule has 3 aromatic rings. The number of rotatable bonds is 6. The van der Waals surface area contributed by atoms with Gasteiger partial charge in [0.05, 0.1) is 10.6 Å². The standard InChI is InChI=1S/C23H16ClN3O5/c24-17-9-6-15(7-10-17)14-32-21-11-8-16(13-20(21)27(30)31)12-19-22(28)25-26(23(19)29)18-4-2-1-3-5-18/h1-13H,14H2,(H,25,28)/b19-12-. The number of amides is 2. The molecular weight excluding hydrogens is 434 g/mol. The van der Waals surface area contributed by atoms with Crippen molar-refractivity contribution >= 4 is 40.9 Å². The molecule has 4 rings (SSSR count). The van der Waals surface area contributed by atoms with Crippen molar-refractivity contribution in [1.29, 1.82) is 0 Å². The normalized spacial score (nSPS) is 14.5. The smallest absolute Gasteiger partial charge is 0.311 e. The molecular formula is C23H16ClN3O5. The highest BCUT2D eigenvalue weighted by Crippen LogP contribution is 2.30. The Labute approximate surface area is 187 Å². The fourth-order valence-electron chi connectivity index (χ4n) is 3.11. The van der Waals surface area contributed by atoms with E-state index in [4.69, 9.17) is 16.3 Å². The number of para-hydroxylation sites is 1. The molecule has 32 heavy (non-hydrogen) atoms. The summed E-state index contributed by atoms with van der Waals surface area (Å²) in [4.78, 5) is 36.0. The van der Waals surface area contributed by atoms with Crippen LogP contribution in [0, 0.1) is 10.1 Å². The van der Waals surface area contributed by atoms with E-state index in [0.717, 1.165) is 10.6 Å². The lowest BCUT2D eigenvalue weighted by molar-refractivity contribution is -0.386. The van der Waals surface area contributed by atoms with Crippen molar-refractivity contribution in [3.8, 4) is 5.75 Å². The summed E-state index contributed by atoms with van der Waals surface area (Å²) in [7, 11) is 0. The van der Waals surface area contributed by atoms with E-state index in [0.29, 0.717) is 16.3 Å². The maximum absolute atomic E-state index is 12.7. The first-order valence-electron chi connectivity index (χ1n) is 9.50. The Kier molecular flexibility index (Phi) is 5.87. The summed E-state index contributed by atoms with van der Waals surface area (Å²) < 4.78 is 5.61. The van der Waals surface area contributed by atoms with Crippen LogP contribution in [0.5, 0.6) is 5.75 Å². The maximum Gasteiger partial charge on any atom is 0.311 e. The fourth-order valence-corrected chi connectivity index (χ4v) is 3.24. The minimum Gasteiger partial charge on any atom is -0.482 e. The van der Waals surface area contributed by atoms with Crippen molar-refractivity contribution in [2.45, 2.75) is 6.61 Å². The van der Waals surface area contributed by atoms with Crippen LogP contribution in [-0.4, -0.2) is 16.7 Å². The highest BCUT2D eigenvalue weighted by atomic mass is 35.5. The summed E-state index contributed by atoms with van der Waals surface area (Å²) in [5.41, 5.74) is 3.71. The largest absolute Gasteiger partial charge is 0.482 e. The summed E-state index contributed by atoms with van der Waals surface area (Å²) in [5.74, 6) is -1.07. The number of benzene rings is 3. The van der Waals surface area contributed by atoms with Gasteiger partial charge in [0.2, 0.25) is 0 Å². The average Bonchev–Trinajstić information content (AvgIpc) is 3.08. The van der Waals surface area contributed by atoms with Gasteiger partial charge >= 0.3 is 5.69 Å². The maximum atomic E-state index is 12.7. The second kappa shape index (κ2) is 8.91. The molecule has 1 heterocycles. The lowest BCUT2D eigenvalue weighted by Crippen LogP contribution is -2.35. The molecule has 0 aromatic heterocycles. The molecule has 1 N–H and O–H groups in total. The van der Waals surface area contributed by atoms with Crippen molar-refractivity contribution in [3.63, 3.8) is 0 Å². The van der Waals surface area contributed by atoms with Gasteiger partial charge < -0.3 is 4.74 Å². The molecule has 3 aromatic carbocycles. The van der Waals surface area contributed by atoms with Gasteiger partial charge in [-0.15, -0.1) is 0 Å². The predicted octanol–water partition coefficient (Wildman–Crippen LogP) is 4.29. The number of nitro benzene ring substituents is 1. The lowest BCUT2D eigenvalue weighted by atomic mass is 10.1. The van der Waals surface area contributed by atoms with Crippen LogP contribution in [0.4, 0.5) is 11.4 Å². The number of halogens is 1. The summed E-state index contributed by atoms with van der Waals surface area (Å²) in [6, 6.07) is 19.8. The second-order valence-corrected chi connectivity index (χ2v) is 7.31. The quantitative estimate of drug-likeness (QED) is 0.262. The fraction of sp³-hybridized carbons (Fsp3) is 0.0435. The number of nitro groups is 1. The van der Waals surface area contributed by atoms with Gasteiger partial charge in [-0.2, -0.15) is 0 Å². The molecule has 0 bridgehead atoms. The van der Waals surface area contributed by atoms with E-state index < -0.39 is 16.7 Å². The topological polar surface area (TPSA) is 102 Å². The van der Waals surface area contributed by atoms with Crippen LogP contribution >= 0.6 is 11.6 Å². The number of hydrazine groups is 1. The molecule has 1 aliphatic rings. The minimum atomic E-state index is -0.593. The Morgan fingerprint density at radius 1 is 1.03 bits per heavy atom. The van der Waals surface area contributed by atoms with E-state index in [1.165, 1.54) is 18.2 Å². The Morgan fingerprint density at radius 2 is 1.75 bits per heavy atom. The zero-order valence-corrected chi connectivity index (χ0v) is 17.3. The van der Waals surface area contributed by atoms with Crippen molar-refractivity contribution in [2.75, 3.05) is 5.01 Å². The van der Waals surface area contributed by atoms with Crippen LogP contribution in [0.3, 0.4) is 0 Å². The first-order chi connectivity index (χ1) is 15.4. The van der Waals surface area contributed by atoms with Crippen LogP contribution < -0.4 is 15.2 Å². The highest BCUT2D eigenvalue weighted by Gasteiger charge is 2.34. The molecule has 8 nitrogen and oxygen atoms in total. The van der Waals surface area contributed by atoms with Gasteiger partial charge in [-0.25, -0.2) is 5.01 Å². The zero-order chi connectivity index (χ0) is 22.7. The summed E-state index contributed by atoms with van der Waals surface area (Å²) >= 11 is 5.86. The van der Waals surface area contributed by atoms with Crippen LogP contribution in [0.2, 0.25) is 5.02 Å². The number of nitrogens with zero attached hydrogens (tertiary/aromatic N) is 2. The molecule has 9 heteroatoms. The van der Waals surface area contributed by atoms with E-state index in [-0.39, 0.29) is 23.6 Å². The van der Waals surface area contributed by atoms with Gasteiger partial charge in [0.15, 0.2) is 5.75 Å². The van der Waals surface area contributed by atoms with Crippen molar-refractivity contribution < 1.29 is 19.2 Å². The Hall–Kier alpha value is -4.17. The van der Waals surface area contributed by atoms with Gasteiger partial charge in [-0.1, -0.05) is 48.0 Å². The first-order valence-corrected chi connectivity index (χ1v) is 9.88.